The maximum absolute atomic E-state index is 12.3. The monoisotopic (exact) mass is 389 g/mol. The number of carbonyl (C=O) groups is 2. The zero-order chi connectivity index (χ0) is 20.5. The van der Waals surface area contributed by atoms with Crippen molar-refractivity contribution in [1.29, 1.82) is 0 Å². The van der Waals surface area contributed by atoms with Crippen molar-refractivity contribution in [3.05, 3.63) is 36.3 Å². The minimum absolute atomic E-state index is 0.173. The number of phenols is 2. The average Bonchev–Trinajstić information content (AvgIpc) is 3.12. The fourth-order valence-corrected chi connectivity index (χ4v) is 2.82. The van der Waals surface area contributed by atoms with Gasteiger partial charge in [-0.25, -0.2) is 9.78 Å². The Kier molecular flexibility index (Phi) is 7.86. The van der Waals surface area contributed by atoms with Crippen molar-refractivity contribution in [3.63, 3.8) is 0 Å². The molecule has 2 rings (SSSR count). The van der Waals surface area contributed by atoms with Crippen LogP contribution < -0.4 is 5.32 Å². The molecule has 0 aliphatic heterocycles. The van der Waals surface area contributed by atoms with Gasteiger partial charge in [-0.05, 0) is 31.5 Å². The second kappa shape index (κ2) is 10.3. The van der Waals surface area contributed by atoms with Crippen LogP contribution in [-0.4, -0.2) is 38.2 Å². The van der Waals surface area contributed by atoms with E-state index in [1.165, 1.54) is 18.5 Å². The molecule has 1 heterocycles. The summed E-state index contributed by atoms with van der Waals surface area (Å²) in [6, 6.07) is 3.29. The number of esters is 1. The number of benzene rings is 1. The van der Waals surface area contributed by atoms with E-state index in [4.69, 9.17) is 4.74 Å². The number of rotatable bonds is 10. The van der Waals surface area contributed by atoms with Gasteiger partial charge in [0.05, 0.1) is 12.9 Å². The molecule has 1 aromatic carbocycles. The van der Waals surface area contributed by atoms with Crippen LogP contribution in [0.15, 0.2) is 30.7 Å². The first-order valence-corrected chi connectivity index (χ1v) is 9.49. The molecule has 2 aromatic rings. The summed E-state index contributed by atoms with van der Waals surface area (Å²) < 4.78 is 6.82. The number of hydrogen-bond acceptors (Lipinski definition) is 6. The molecule has 1 atom stereocenters. The smallest absolute Gasteiger partial charge is 0.329 e. The SMILES string of the molecule is CCCCCCC(C(=O)OCC)n1cnc(NC(=O)c2ccc(O)c(O)c2)c1. The second-order valence-electron chi connectivity index (χ2n) is 6.48. The highest BCUT2D eigenvalue weighted by molar-refractivity contribution is 6.04. The molecule has 0 spiro atoms. The first-order chi connectivity index (χ1) is 13.5. The number of phenolic OH excluding ortho intramolecular Hbond substituents is 2. The van der Waals surface area contributed by atoms with Crippen LogP contribution in [0.1, 0.15) is 62.4 Å². The van der Waals surface area contributed by atoms with E-state index in [1.54, 1.807) is 17.7 Å². The molecular weight excluding hydrogens is 362 g/mol. The number of amides is 1. The lowest BCUT2D eigenvalue weighted by atomic mass is 10.1. The third-order valence-electron chi connectivity index (χ3n) is 4.33. The van der Waals surface area contributed by atoms with E-state index < -0.39 is 11.9 Å². The molecule has 1 amide bonds. The van der Waals surface area contributed by atoms with Crippen LogP contribution >= 0.6 is 0 Å². The van der Waals surface area contributed by atoms with Gasteiger partial charge < -0.3 is 24.8 Å². The molecule has 8 nitrogen and oxygen atoms in total. The van der Waals surface area contributed by atoms with Crippen LogP contribution in [0.3, 0.4) is 0 Å². The number of nitrogens with one attached hydrogen (secondary N) is 1. The number of carbonyl (C=O) groups excluding carboxylic acids is 2. The van der Waals surface area contributed by atoms with Gasteiger partial charge in [0.1, 0.15) is 6.04 Å². The van der Waals surface area contributed by atoms with Crippen LogP contribution in [0.25, 0.3) is 0 Å². The van der Waals surface area contributed by atoms with Crippen molar-refractivity contribution < 1.29 is 24.5 Å². The molecule has 28 heavy (non-hydrogen) atoms. The fraction of sp³-hybridized carbons (Fsp3) is 0.450. The third-order valence-corrected chi connectivity index (χ3v) is 4.33. The van der Waals surface area contributed by atoms with Gasteiger partial charge in [-0.15, -0.1) is 0 Å². The number of ether oxygens (including phenoxy) is 1. The van der Waals surface area contributed by atoms with Crippen LogP contribution in [0, 0.1) is 0 Å². The number of aromatic hydroxyl groups is 2. The van der Waals surface area contributed by atoms with Crippen molar-refractivity contribution in [3.8, 4) is 11.5 Å². The second-order valence-corrected chi connectivity index (χ2v) is 6.48. The summed E-state index contributed by atoms with van der Waals surface area (Å²) in [7, 11) is 0. The minimum atomic E-state index is -0.493. The molecule has 0 aliphatic rings. The molecule has 0 aliphatic carbocycles. The zero-order valence-corrected chi connectivity index (χ0v) is 16.2. The first kappa shape index (κ1) is 21.3. The largest absolute Gasteiger partial charge is 0.504 e. The van der Waals surface area contributed by atoms with Gasteiger partial charge in [0.15, 0.2) is 17.3 Å². The Bertz CT molecular complexity index is 803. The van der Waals surface area contributed by atoms with Gasteiger partial charge in [-0.3, -0.25) is 4.79 Å². The molecule has 0 fully saturated rings. The Morgan fingerprint density at radius 1 is 1.18 bits per heavy atom. The Morgan fingerprint density at radius 2 is 1.96 bits per heavy atom. The Morgan fingerprint density at radius 3 is 2.64 bits per heavy atom. The van der Waals surface area contributed by atoms with Crippen LogP contribution in [0.5, 0.6) is 11.5 Å². The van der Waals surface area contributed by atoms with Crippen molar-refractivity contribution in [2.45, 2.75) is 52.0 Å². The highest BCUT2D eigenvalue weighted by Gasteiger charge is 2.22. The molecular formula is C20H27N3O5. The fourth-order valence-electron chi connectivity index (χ4n) is 2.82. The third kappa shape index (κ3) is 5.73. The Balaban J connectivity index is 2.08. The summed E-state index contributed by atoms with van der Waals surface area (Å²) in [5, 5.41) is 21.5. The summed E-state index contributed by atoms with van der Waals surface area (Å²) in [6.45, 7) is 4.19. The minimum Gasteiger partial charge on any atom is -0.504 e. The van der Waals surface area contributed by atoms with E-state index in [1.807, 2.05) is 0 Å². The number of aromatic nitrogens is 2. The molecule has 1 aromatic heterocycles. The van der Waals surface area contributed by atoms with Gasteiger partial charge in [0.2, 0.25) is 0 Å². The van der Waals surface area contributed by atoms with Gasteiger partial charge in [0.25, 0.3) is 5.91 Å². The average molecular weight is 389 g/mol. The lowest BCUT2D eigenvalue weighted by Crippen LogP contribution is -2.21. The lowest BCUT2D eigenvalue weighted by Gasteiger charge is -2.16. The van der Waals surface area contributed by atoms with Crippen LogP contribution in [0.4, 0.5) is 5.82 Å². The predicted molar refractivity (Wildman–Crippen MR) is 104 cm³/mol. The predicted octanol–water partition coefficient (Wildman–Crippen LogP) is 3.62. The molecule has 0 saturated carbocycles. The normalized spacial score (nSPS) is 11.8. The van der Waals surface area contributed by atoms with Crippen LogP contribution in [-0.2, 0) is 9.53 Å². The van der Waals surface area contributed by atoms with Gasteiger partial charge in [-0.1, -0.05) is 32.6 Å². The molecule has 0 bridgehead atoms. The summed E-state index contributed by atoms with van der Waals surface area (Å²) in [4.78, 5) is 28.8. The Hall–Kier alpha value is -3.03. The lowest BCUT2D eigenvalue weighted by molar-refractivity contribution is -0.147. The molecule has 152 valence electrons. The van der Waals surface area contributed by atoms with E-state index in [0.29, 0.717) is 13.0 Å². The summed E-state index contributed by atoms with van der Waals surface area (Å²) >= 11 is 0. The van der Waals surface area contributed by atoms with Gasteiger partial charge >= 0.3 is 5.97 Å². The van der Waals surface area contributed by atoms with E-state index >= 15 is 0 Å². The summed E-state index contributed by atoms with van der Waals surface area (Å²) in [6.07, 6.45) is 7.86. The number of imidazole rings is 1. The van der Waals surface area contributed by atoms with E-state index in [-0.39, 0.29) is 28.8 Å². The van der Waals surface area contributed by atoms with Crippen molar-refractivity contribution >= 4 is 17.7 Å². The number of unbranched alkanes of at least 4 members (excludes halogenated alkanes) is 3. The quantitative estimate of drug-likeness (QED) is 0.325. The summed E-state index contributed by atoms with van der Waals surface area (Å²) in [5.41, 5.74) is 0.173. The van der Waals surface area contributed by atoms with Gasteiger partial charge in [-0.2, -0.15) is 0 Å². The standard InChI is InChI=1S/C20H27N3O5/c1-3-5-6-7-8-15(20(27)28-4-2)23-12-18(21-13-23)22-19(26)14-9-10-16(24)17(25)11-14/h9-13,15,24-25H,3-8H2,1-2H3,(H,22,26). The number of nitrogens with zero attached hydrogens (tertiary/aromatic N) is 2. The maximum atomic E-state index is 12.3. The van der Waals surface area contributed by atoms with Crippen molar-refractivity contribution in [2.24, 2.45) is 0 Å². The van der Waals surface area contributed by atoms with Crippen molar-refractivity contribution in [2.75, 3.05) is 11.9 Å². The molecule has 3 N–H and O–H groups in total. The zero-order valence-electron chi connectivity index (χ0n) is 16.2. The molecule has 0 radical (unpaired) electrons. The highest BCUT2D eigenvalue weighted by atomic mass is 16.5. The van der Waals surface area contributed by atoms with E-state index in [2.05, 4.69) is 17.2 Å². The topological polar surface area (TPSA) is 114 Å². The molecule has 0 saturated heterocycles. The number of hydrogen-bond donors (Lipinski definition) is 3. The number of anilines is 1. The Labute approximate surface area is 164 Å². The van der Waals surface area contributed by atoms with E-state index in [0.717, 1.165) is 31.7 Å². The van der Waals surface area contributed by atoms with Crippen LogP contribution in [0.2, 0.25) is 0 Å². The molecule has 1 unspecified atom stereocenters. The maximum Gasteiger partial charge on any atom is 0.329 e. The highest BCUT2D eigenvalue weighted by Crippen LogP contribution is 2.25. The van der Waals surface area contributed by atoms with Gasteiger partial charge in [0, 0.05) is 11.8 Å². The van der Waals surface area contributed by atoms with E-state index in [9.17, 15) is 19.8 Å². The molecule has 8 heteroatoms. The first-order valence-electron chi connectivity index (χ1n) is 9.49. The van der Waals surface area contributed by atoms with Crippen molar-refractivity contribution in [1.82, 2.24) is 9.55 Å². The summed E-state index contributed by atoms with van der Waals surface area (Å²) in [5.74, 6) is -1.22.